The first-order chi connectivity index (χ1) is 9.35. The van der Waals surface area contributed by atoms with E-state index in [0.29, 0.717) is 13.0 Å². The fraction of sp³-hybridized carbons (Fsp3) is 0.538. The predicted octanol–water partition coefficient (Wildman–Crippen LogP) is 1.91. The van der Waals surface area contributed by atoms with E-state index < -0.39 is 16.4 Å². The first-order valence-electron chi connectivity index (χ1n) is 6.30. The van der Waals surface area contributed by atoms with Gasteiger partial charge in [-0.25, -0.2) is 8.42 Å². The number of halogens is 2. The minimum Gasteiger partial charge on any atom is -0.435 e. The average Bonchev–Trinajstić information content (AvgIpc) is 2.72. The van der Waals surface area contributed by atoms with E-state index >= 15 is 0 Å². The molecule has 1 aliphatic rings. The van der Waals surface area contributed by atoms with Gasteiger partial charge in [0.2, 0.25) is 0 Å². The van der Waals surface area contributed by atoms with Crippen LogP contribution in [0.1, 0.15) is 12.0 Å². The van der Waals surface area contributed by atoms with Gasteiger partial charge in [-0.15, -0.1) is 0 Å². The molecule has 4 nitrogen and oxygen atoms in total. The van der Waals surface area contributed by atoms with Gasteiger partial charge in [0.25, 0.3) is 0 Å². The monoisotopic (exact) mass is 305 g/mol. The Morgan fingerprint density at radius 3 is 2.50 bits per heavy atom. The standard InChI is InChI=1S/C13H17F2NO3S/c1-16(11-6-7-20(17,18)9-11)8-10-2-4-12(5-3-10)19-13(14)15/h2-5,11,13H,6-9H2,1H3. The third kappa shape index (κ3) is 4.14. The van der Waals surface area contributed by atoms with Crippen LogP contribution in [-0.2, 0) is 16.4 Å². The van der Waals surface area contributed by atoms with Crippen molar-refractivity contribution in [3.8, 4) is 5.75 Å². The molecule has 112 valence electrons. The van der Waals surface area contributed by atoms with Crippen molar-refractivity contribution >= 4 is 9.84 Å². The third-order valence-corrected chi connectivity index (χ3v) is 5.16. The van der Waals surface area contributed by atoms with E-state index in [1.54, 1.807) is 12.1 Å². The summed E-state index contributed by atoms with van der Waals surface area (Å²) in [6.45, 7) is -2.25. The first kappa shape index (κ1) is 15.2. The van der Waals surface area contributed by atoms with Gasteiger partial charge in [-0.3, -0.25) is 4.90 Å². The van der Waals surface area contributed by atoms with E-state index in [1.165, 1.54) is 12.1 Å². The van der Waals surface area contributed by atoms with E-state index in [0.717, 1.165) is 5.56 Å². The lowest BCUT2D eigenvalue weighted by Crippen LogP contribution is -2.32. The summed E-state index contributed by atoms with van der Waals surface area (Å²) in [5.74, 6) is 0.550. The van der Waals surface area contributed by atoms with E-state index in [4.69, 9.17) is 0 Å². The minimum atomic E-state index is -2.90. The lowest BCUT2D eigenvalue weighted by Gasteiger charge is -2.23. The smallest absolute Gasteiger partial charge is 0.387 e. The van der Waals surface area contributed by atoms with Crippen LogP contribution in [0.3, 0.4) is 0 Å². The summed E-state index contributed by atoms with van der Waals surface area (Å²) in [4.78, 5) is 1.98. The number of nitrogens with zero attached hydrogens (tertiary/aromatic N) is 1. The molecule has 1 aromatic rings. The molecule has 0 amide bonds. The Bertz CT molecular complexity index is 545. The normalized spacial score (nSPS) is 21.6. The summed E-state index contributed by atoms with van der Waals surface area (Å²) in [7, 11) is -1.03. The van der Waals surface area contributed by atoms with Crippen LogP contribution in [0.2, 0.25) is 0 Å². The molecule has 0 saturated carbocycles. The zero-order valence-electron chi connectivity index (χ0n) is 11.1. The Balaban J connectivity index is 1.93. The number of benzene rings is 1. The molecule has 0 bridgehead atoms. The van der Waals surface area contributed by atoms with Gasteiger partial charge in [-0.05, 0) is 31.2 Å². The second-order valence-corrected chi connectivity index (χ2v) is 7.22. The number of ether oxygens (including phenoxy) is 1. The van der Waals surface area contributed by atoms with E-state index in [2.05, 4.69) is 4.74 Å². The summed E-state index contributed by atoms with van der Waals surface area (Å²) in [6.07, 6.45) is 0.644. The van der Waals surface area contributed by atoms with Crippen LogP contribution in [-0.4, -0.2) is 44.5 Å². The summed E-state index contributed by atoms with van der Waals surface area (Å²) in [5.41, 5.74) is 0.929. The van der Waals surface area contributed by atoms with Crippen molar-refractivity contribution in [2.75, 3.05) is 18.6 Å². The largest absolute Gasteiger partial charge is 0.435 e. The molecule has 1 aromatic carbocycles. The highest BCUT2D eigenvalue weighted by atomic mass is 32.2. The molecular weight excluding hydrogens is 288 g/mol. The van der Waals surface area contributed by atoms with Crippen LogP contribution in [0.15, 0.2) is 24.3 Å². The van der Waals surface area contributed by atoms with Crippen LogP contribution in [0.25, 0.3) is 0 Å². The molecule has 1 unspecified atom stereocenters. The number of hydrogen-bond acceptors (Lipinski definition) is 4. The Labute approximate surface area is 117 Å². The fourth-order valence-corrected chi connectivity index (χ4v) is 4.12. The Hall–Kier alpha value is -1.21. The van der Waals surface area contributed by atoms with Gasteiger partial charge in [0.15, 0.2) is 9.84 Å². The van der Waals surface area contributed by atoms with Crippen LogP contribution in [0.5, 0.6) is 5.75 Å². The lowest BCUT2D eigenvalue weighted by atomic mass is 10.1. The zero-order valence-corrected chi connectivity index (χ0v) is 11.9. The summed E-state index contributed by atoms with van der Waals surface area (Å²) in [6, 6.07) is 6.41. The van der Waals surface area contributed by atoms with Gasteiger partial charge in [0, 0.05) is 12.6 Å². The van der Waals surface area contributed by atoms with Crippen LogP contribution < -0.4 is 4.74 Å². The lowest BCUT2D eigenvalue weighted by molar-refractivity contribution is -0.0498. The molecule has 0 spiro atoms. The van der Waals surface area contributed by atoms with Gasteiger partial charge in [-0.1, -0.05) is 12.1 Å². The Kier molecular flexibility index (Phi) is 4.59. The van der Waals surface area contributed by atoms with Gasteiger partial charge in [-0.2, -0.15) is 8.78 Å². The number of alkyl halides is 2. The van der Waals surface area contributed by atoms with Crippen molar-refractivity contribution in [3.05, 3.63) is 29.8 Å². The highest BCUT2D eigenvalue weighted by molar-refractivity contribution is 7.91. The van der Waals surface area contributed by atoms with Gasteiger partial charge >= 0.3 is 6.61 Å². The fourth-order valence-electron chi connectivity index (χ4n) is 2.32. The van der Waals surface area contributed by atoms with E-state index in [1.807, 2.05) is 11.9 Å². The molecule has 2 rings (SSSR count). The number of rotatable bonds is 5. The number of sulfone groups is 1. The van der Waals surface area contributed by atoms with Crippen LogP contribution in [0.4, 0.5) is 8.78 Å². The van der Waals surface area contributed by atoms with Gasteiger partial charge < -0.3 is 4.74 Å². The van der Waals surface area contributed by atoms with Crippen molar-refractivity contribution in [3.63, 3.8) is 0 Å². The molecule has 1 aliphatic heterocycles. The molecule has 1 atom stereocenters. The maximum Gasteiger partial charge on any atom is 0.387 e. The number of hydrogen-bond donors (Lipinski definition) is 0. The summed E-state index contributed by atoms with van der Waals surface area (Å²) in [5, 5.41) is 0. The Morgan fingerprint density at radius 1 is 1.35 bits per heavy atom. The van der Waals surface area contributed by atoms with E-state index in [-0.39, 0.29) is 23.3 Å². The minimum absolute atomic E-state index is 0.0250. The Morgan fingerprint density at radius 2 is 2.00 bits per heavy atom. The van der Waals surface area contributed by atoms with Crippen LogP contribution in [0, 0.1) is 0 Å². The highest BCUT2D eigenvalue weighted by Crippen LogP contribution is 2.20. The van der Waals surface area contributed by atoms with Crippen molar-refractivity contribution in [1.82, 2.24) is 4.90 Å². The zero-order chi connectivity index (χ0) is 14.8. The molecule has 20 heavy (non-hydrogen) atoms. The highest BCUT2D eigenvalue weighted by Gasteiger charge is 2.30. The van der Waals surface area contributed by atoms with Crippen molar-refractivity contribution in [2.24, 2.45) is 0 Å². The first-order valence-corrected chi connectivity index (χ1v) is 8.12. The second-order valence-electron chi connectivity index (χ2n) is 4.99. The molecule has 1 fully saturated rings. The van der Waals surface area contributed by atoms with Crippen LogP contribution >= 0.6 is 0 Å². The molecule has 0 aliphatic carbocycles. The molecule has 0 N–H and O–H groups in total. The van der Waals surface area contributed by atoms with Gasteiger partial charge in [0.05, 0.1) is 11.5 Å². The average molecular weight is 305 g/mol. The second kappa shape index (κ2) is 6.05. The summed E-state index contributed by atoms with van der Waals surface area (Å²) < 4.78 is 51.2. The molecule has 0 radical (unpaired) electrons. The molecule has 1 heterocycles. The SMILES string of the molecule is CN(Cc1ccc(OC(F)F)cc1)C1CCS(=O)(=O)C1. The molecule has 1 saturated heterocycles. The van der Waals surface area contributed by atoms with Gasteiger partial charge in [0.1, 0.15) is 5.75 Å². The maximum atomic E-state index is 12.0. The molecular formula is C13H17F2NO3S. The maximum absolute atomic E-state index is 12.0. The topological polar surface area (TPSA) is 46.6 Å². The molecule has 0 aromatic heterocycles. The van der Waals surface area contributed by atoms with Crippen molar-refractivity contribution < 1.29 is 21.9 Å². The van der Waals surface area contributed by atoms with Crippen molar-refractivity contribution in [2.45, 2.75) is 25.6 Å². The quantitative estimate of drug-likeness (QED) is 0.833. The predicted molar refractivity (Wildman–Crippen MR) is 71.6 cm³/mol. The molecule has 7 heteroatoms. The van der Waals surface area contributed by atoms with E-state index in [9.17, 15) is 17.2 Å². The van der Waals surface area contributed by atoms with Crippen molar-refractivity contribution in [1.29, 1.82) is 0 Å². The third-order valence-electron chi connectivity index (χ3n) is 3.41. The summed E-state index contributed by atoms with van der Waals surface area (Å²) >= 11 is 0.